The van der Waals surface area contributed by atoms with E-state index < -0.39 is 16.5 Å². The van der Waals surface area contributed by atoms with Crippen LogP contribution in [0.25, 0.3) is 0 Å². The fraction of sp³-hybridized carbons (Fsp3) is 0.167. The molecular formula is C12H11ClN4O4. The second-order valence-corrected chi connectivity index (χ2v) is 4.81. The van der Waals surface area contributed by atoms with Gasteiger partial charge in [-0.15, -0.1) is 0 Å². The van der Waals surface area contributed by atoms with E-state index in [0.29, 0.717) is 10.6 Å². The van der Waals surface area contributed by atoms with Crippen molar-refractivity contribution in [3.8, 4) is 5.75 Å². The Hall–Kier alpha value is -2.61. The van der Waals surface area contributed by atoms with Crippen molar-refractivity contribution in [1.29, 1.82) is 0 Å². The largest absolute Gasteiger partial charge is 0.505 e. The van der Waals surface area contributed by atoms with Crippen LogP contribution >= 0.6 is 11.6 Å². The Morgan fingerprint density at radius 2 is 2.14 bits per heavy atom. The van der Waals surface area contributed by atoms with E-state index >= 15 is 0 Å². The van der Waals surface area contributed by atoms with Crippen molar-refractivity contribution in [1.82, 2.24) is 10.2 Å². The van der Waals surface area contributed by atoms with Crippen LogP contribution in [0.2, 0.25) is 5.02 Å². The number of nitro groups is 1. The third-order valence-corrected chi connectivity index (χ3v) is 3.04. The van der Waals surface area contributed by atoms with Crippen molar-refractivity contribution < 1.29 is 14.8 Å². The maximum atomic E-state index is 12.1. The van der Waals surface area contributed by atoms with Gasteiger partial charge in [0, 0.05) is 5.02 Å². The molecule has 1 aromatic carbocycles. The molecule has 9 heteroatoms. The van der Waals surface area contributed by atoms with Crippen molar-refractivity contribution in [2.24, 2.45) is 0 Å². The molecule has 3 N–H and O–H groups in total. The standard InChI is InChI=1S/C12H11ClN4O4/c1-5-3-7(13)4-8(11(5)18)14-12(19)9-10(17(20)21)6(2)15-16-9/h3-4,18H,1-2H3,(H,14,19)(H,15,16). The second-order valence-electron chi connectivity index (χ2n) is 4.38. The van der Waals surface area contributed by atoms with Gasteiger partial charge in [-0.05, 0) is 31.5 Å². The molecule has 0 saturated heterocycles. The van der Waals surface area contributed by atoms with Gasteiger partial charge in [-0.1, -0.05) is 11.6 Å². The Balaban J connectivity index is 2.38. The van der Waals surface area contributed by atoms with E-state index in [1.807, 2.05) is 0 Å². The van der Waals surface area contributed by atoms with E-state index in [4.69, 9.17) is 11.6 Å². The van der Waals surface area contributed by atoms with Crippen LogP contribution in [0.1, 0.15) is 21.7 Å². The minimum atomic E-state index is -0.817. The number of carbonyl (C=O) groups excluding carboxylic acids is 1. The molecule has 0 atom stereocenters. The monoisotopic (exact) mass is 310 g/mol. The van der Waals surface area contributed by atoms with Gasteiger partial charge in [0.1, 0.15) is 11.4 Å². The molecule has 0 bridgehead atoms. The molecule has 0 unspecified atom stereocenters. The van der Waals surface area contributed by atoms with Crippen LogP contribution < -0.4 is 5.32 Å². The highest BCUT2D eigenvalue weighted by Gasteiger charge is 2.27. The number of aromatic hydroxyl groups is 1. The molecule has 0 spiro atoms. The molecule has 110 valence electrons. The number of aromatic amines is 1. The van der Waals surface area contributed by atoms with Crippen LogP contribution in [0.4, 0.5) is 11.4 Å². The van der Waals surface area contributed by atoms with Crippen LogP contribution in [-0.2, 0) is 0 Å². The Bertz CT molecular complexity index is 741. The third kappa shape index (κ3) is 2.79. The topological polar surface area (TPSA) is 121 Å². The molecular weight excluding hydrogens is 300 g/mol. The number of H-pyrrole nitrogens is 1. The van der Waals surface area contributed by atoms with Gasteiger partial charge in [0.15, 0.2) is 0 Å². The fourth-order valence-corrected chi connectivity index (χ4v) is 2.09. The maximum Gasteiger partial charge on any atom is 0.322 e. The Morgan fingerprint density at radius 3 is 2.76 bits per heavy atom. The third-order valence-electron chi connectivity index (χ3n) is 2.83. The molecule has 1 amide bonds. The Labute approximate surface area is 123 Å². The second kappa shape index (κ2) is 5.41. The molecule has 0 aliphatic rings. The Kier molecular flexibility index (Phi) is 3.81. The van der Waals surface area contributed by atoms with E-state index in [1.165, 1.54) is 19.1 Å². The number of aryl methyl sites for hydroxylation is 2. The van der Waals surface area contributed by atoms with Gasteiger partial charge in [-0.3, -0.25) is 20.0 Å². The highest BCUT2D eigenvalue weighted by Crippen LogP contribution is 2.31. The van der Waals surface area contributed by atoms with Gasteiger partial charge in [0.2, 0.25) is 5.69 Å². The van der Waals surface area contributed by atoms with Crippen molar-refractivity contribution in [3.05, 3.63) is 44.2 Å². The van der Waals surface area contributed by atoms with Crippen LogP contribution in [0.15, 0.2) is 12.1 Å². The predicted molar refractivity (Wildman–Crippen MR) is 75.8 cm³/mol. The number of benzene rings is 1. The highest BCUT2D eigenvalue weighted by molar-refractivity contribution is 6.31. The number of carbonyl (C=O) groups is 1. The van der Waals surface area contributed by atoms with E-state index in [2.05, 4.69) is 15.5 Å². The van der Waals surface area contributed by atoms with Crippen molar-refractivity contribution in [3.63, 3.8) is 0 Å². The average molecular weight is 311 g/mol. The minimum Gasteiger partial charge on any atom is -0.505 e. The Morgan fingerprint density at radius 1 is 1.48 bits per heavy atom. The zero-order valence-corrected chi connectivity index (χ0v) is 11.9. The molecule has 21 heavy (non-hydrogen) atoms. The quantitative estimate of drug-likeness (QED) is 0.457. The van der Waals surface area contributed by atoms with Gasteiger partial charge >= 0.3 is 5.69 Å². The lowest BCUT2D eigenvalue weighted by Gasteiger charge is -2.08. The smallest absolute Gasteiger partial charge is 0.322 e. The van der Waals surface area contributed by atoms with E-state index in [1.54, 1.807) is 6.92 Å². The summed E-state index contributed by atoms with van der Waals surface area (Å²) >= 11 is 5.84. The van der Waals surface area contributed by atoms with Gasteiger partial charge in [-0.2, -0.15) is 5.10 Å². The summed E-state index contributed by atoms with van der Waals surface area (Å²) in [5.74, 6) is -0.981. The summed E-state index contributed by atoms with van der Waals surface area (Å²) in [4.78, 5) is 22.3. The van der Waals surface area contributed by atoms with Gasteiger partial charge in [-0.25, -0.2) is 0 Å². The first kappa shape index (κ1) is 14.8. The molecule has 0 radical (unpaired) electrons. The molecule has 0 fully saturated rings. The molecule has 2 rings (SSSR count). The number of anilines is 1. The lowest BCUT2D eigenvalue weighted by molar-refractivity contribution is -0.385. The summed E-state index contributed by atoms with van der Waals surface area (Å²) in [6.07, 6.45) is 0. The maximum absolute atomic E-state index is 12.1. The summed E-state index contributed by atoms with van der Waals surface area (Å²) in [5, 5.41) is 29.5. The summed E-state index contributed by atoms with van der Waals surface area (Å²) in [7, 11) is 0. The average Bonchev–Trinajstić information content (AvgIpc) is 2.77. The number of phenols is 1. The first-order valence-corrected chi connectivity index (χ1v) is 6.19. The van der Waals surface area contributed by atoms with Crippen molar-refractivity contribution in [2.75, 3.05) is 5.32 Å². The van der Waals surface area contributed by atoms with Crippen LogP contribution in [0.5, 0.6) is 5.75 Å². The summed E-state index contributed by atoms with van der Waals surface area (Å²) in [5.41, 5.74) is -0.0950. The summed E-state index contributed by atoms with van der Waals surface area (Å²) < 4.78 is 0. The van der Waals surface area contributed by atoms with Crippen LogP contribution in [0, 0.1) is 24.0 Å². The van der Waals surface area contributed by atoms with Gasteiger partial charge in [0.05, 0.1) is 10.6 Å². The lowest BCUT2D eigenvalue weighted by Crippen LogP contribution is -2.14. The number of hydrogen-bond donors (Lipinski definition) is 3. The van der Waals surface area contributed by atoms with Crippen molar-refractivity contribution in [2.45, 2.75) is 13.8 Å². The zero-order valence-electron chi connectivity index (χ0n) is 11.1. The fourth-order valence-electron chi connectivity index (χ4n) is 1.82. The zero-order chi connectivity index (χ0) is 15.7. The lowest BCUT2D eigenvalue weighted by atomic mass is 10.2. The minimum absolute atomic E-state index is 0.0555. The van der Waals surface area contributed by atoms with Gasteiger partial charge < -0.3 is 10.4 Å². The molecule has 0 aliphatic carbocycles. The summed E-state index contributed by atoms with van der Waals surface area (Å²) in [6.45, 7) is 3.04. The van der Waals surface area contributed by atoms with E-state index in [-0.39, 0.29) is 22.8 Å². The number of rotatable bonds is 3. The number of phenolic OH excluding ortho intramolecular Hbond substituents is 1. The predicted octanol–water partition coefficient (Wildman–Crippen LogP) is 2.55. The first-order valence-electron chi connectivity index (χ1n) is 5.81. The summed E-state index contributed by atoms with van der Waals surface area (Å²) in [6, 6.07) is 2.86. The van der Waals surface area contributed by atoms with Crippen LogP contribution in [-0.4, -0.2) is 26.1 Å². The molecule has 1 heterocycles. The molecule has 0 aliphatic heterocycles. The molecule has 2 aromatic rings. The number of nitrogens with one attached hydrogen (secondary N) is 2. The highest BCUT2D eigenvalue weighted by atomic mass is 35.5. The van der Waals surface area contributed by atoms with Crippen molar-refractivity contribution >= 4 is 28.9 Å². The van der Waals surface area contributed by atoms with E-state index in [0.717, 1.165) is 0 Å². The van der Waals surface area contributed by atoms with Crippen LogP contribution in [0.3, 0.4) is 0 Å². The first-order chi connectivity index (χ1) is 9.81. The number of aromatic nitrogens is 2. The number of halogens is 1. The van der Waals surface area contributed by atoms with E-state index in [9.17, 15) is 20.0 Å². The molecule has 1 aromatic heterocycles. The number of nitrogens with zero attached hydrogens (tertiary/aromatic N) is 2. The SMILES string of the molecule is Cc1cc(Cl)cc(NC(=O)c2n[nH]c(C)c2[N+](=O)[O-])c1O. The van der Waals surface area contributed by atoms with Gasteiger partial charge in [0.25, 0.3) is 5.91 Å². The number of hydrogen-bond acceptors (Lipinski definition) is 5. The molecule has 0 saturated carbocycles. The number of amides is 1. The molecule has 8 nitrogen and oxygen atoms in total. The normalized spacial score (nSPS) is 10.4.